The van der Waals surface area contributed by atoms with Gasteiger partial charge in [0.1, 0.15) is 0 Å². The van der Waals surface area contributed by atoms with Crippen molar-refractivity contribution in [2.45, 2.75) is 31.6 Å². The number of aryl methyl sites for hydroxylation is 2. The van der Waals surface area contributed by atoms with Gasteiger partial charge in [-0.05, 0) is 37.0 Å². The van der Waals surface area contributed by atoms with Gasteiger partial charge in [0, 0.05) is 22.5 Å². The summed E-state index contributed by atoms with van der Waals surface area (Å²) in [6.45, 7) is 4.27. The predicted octanol–water partition coefficient (Wildman–Crippen LogP) is 3.06. The predicted molar refractivity (Wildman–Crippen MR) is 79.2 cm³/mol. The van der Waals surface area contributed by atoms with E-state index in [0.29, 0.717) is 5.25 Å². The van der Waals surface area contributed by atoms with Gasteiger partial charge < -0.3 is 5.11 Å². The van der Waals surface area contributed by atoms with Crippen molar-refractivity contribution in [3.8, 4) is 0 Å². The summed E-state index contributed by atoms with van der Waals surface area (Å²) in [5.74, 6) is 3.51. The van der Waals surface area contributed by atoms with Crippen LogP contribution in [0.15, 0.2) is 18.2 Å². The highest BCUT2D eigenvalue weighted by Gasteiger charge is 2.23. The van der Waals surface area contributed by atoms with Gasteiger partial charge in [-0.2, -0.15) is 23.5 Å². The van der Waals surface area contributed by atoms with Crippen molar-refractivity contribution in [2.75, 3.05) is 17.3 Å². The first-order valence-corrected chi connectivity index (χ1v) is 8.31. The fourth-order valence-corrected chi connectivity index (χ4v) is 5.01. The third-order valence-corrected chi connectivity index (χ3v) is 6.23. The first-order chi connectivity index (χ1) is 8.18. The molecule has 1 nitrogen and oxygen atoms in total. The van der Waals surface area contributed by atoms with Gasteiger partial charge in [0.2, 0.25) is 0 Å². The van der Waals surface area contributed by atoms with Gasteiger partial charge in [0.25, 0.3) is 0 Å². The Balaban J connectivity index is 2.04. The summed E-state index contributed by atoms with van der Waals surface area (Å²) in [6, 6.07) is 6.36. The van der Waals surface area contributed by atoms with Crippen molar-refractivity contribution in [3.05, 3.63) is 34.9 Å². The van der Waals surface area contributed by atoms with Crippen molar-refractivity contribution in [1.29, 1.82) is 0 Å². The highest BCUT2D eigenvalue weighted by molar-refractivity contribution is 8.06. The number of thioether (sulfide) groups is 2. The summed E-state index contributed by atoms with van der Waals surface area (Å²) in [5.41, 5.74) is 3.94. The minimum atomic E-state index is -0.201. The van der Waals surface area contributed by atoms with Crippen LogP contribution in [0, 0.1) is 13.8 Å². The maximum atomic E-state index is 10.3. The summed E-state index contributed by atoms with van der Waals surface area (Å²) in [7, 11) is 0. The van der Waals surface area contributed by atoms with Crippen LogP contribution in [0.1, 0.15) is 16.7 Å². The fraction of sp³-hybridized carbons (Fsp3) is 0.571. The smallest absolute Gasteiger partial charge is 0.0707 e. The highest BCUT2D eigenvalue weighted by atomic mass is 32.2. The third-order valence-electron chi connectivity index (χ3n) is 3.33. The van der Waals surface area contributed by atoms with Crippen molar-refractivity contribution in [2.24, 2.45) is 0 Å². The number of hydrogen-bond donors (Lipinski definition) is 1. The van der Waals surface area contributed by atoms with Gasteiger partial charge in [0.15, 0.2) is 0 Å². The molecular formula is C14H20OS2. The van der Waals surface area contributed by atoms with Gasteiger partial charge in [-0.25, -0.2) is 0 Å². The highest BCUT2D eigenvalue weighted by Crippen LogP contribution is 2.28. The molecule has 0 amide bonds. The Morgan fingerprint density at radius 1 is 1.29 bits per heavy atom. The van der Waals surface area contributed by atoms with Crippen molar-refractivity contribution in [3.63, 3.8) is 0 Å². The van der Waals surface area contributed by atoms with Crippen LogP contribution in [0.4, 0.5) is 0 Å². The van der Waals surface area contributed by atoms with Crippen LogP contribution < -0.4 is 0 Å². The van der Waals surface area contributed by atoms with Crippen LogP contribution in [-0.2, 0) is 6.42 Å². The number of hydrogen-bond acceptors (Lipinski definition) is 3. The van der Waals surface area contributed by atoms with Crippen LogP contribution in [-0.4, -0.2) is 33.7 Å². The minimum Gasteiger partial charge on any atom is -0.392 e. The SMILES string of the molecule is Cc1cccc(C)c1CC(O)C1CSCCS1. The van der Waals surface area contributed by atoms with Crippen LogP contribution in [0.3, 0.4) is 0 Å². The van der Waals surface area contributed by atoms with E-state index in [0.717, 1.165) is 12.2 Å². The second-order valence-electron chi connectivity index (χ2n) is 4.63. The van der Waals surface area contributed by atoms with Crippen molar-refractivity contribution >= 4 is 23.5 Å². The molecule has 0 bridgehead atoms. The number of benzene rings is 1. The normalized spacial score (nSPS) is 22.4. The van der Waals surface area contributed by atoms with E-state index in [-0.39, 0.29) is 6.10 Å². The first kappa shape index (κ1) is 13.3. The van der Waals surface area contributed by atoms with Gasteiger partial charge in [-0.15, -0.1) is 0 Å². The number of aliphatic hydroxyl groups is 1. The van der Waals surface area contributed by atoms with E-state index in [1.807, 2.05) is 23.5 Å². The summed E-state index contributed by atoms with van der Waals surface area (Å²) < 4.78 is 0. The van der Waals surface area contributed by atoms with Gasteiger partial charge >= 0.3 is 0 Å². The average Bonchev–Trinajstić information content (AvgIpc) is 2.35. The lowest BCUT2D eigenvalue weighted by molar-refractivity contribution is 0.177. The maximum Gasteiger partial charge on any atom is 0.0707 e. The van der Waals surface area contributed by atoms with Crippen LogP contribution >= 0.6 is 23.5 Å². The second-order valence-corrected chi connectivity index (χ2v) is 7.12. The topological polar surface area (TPSA) is 20.2 Å². The summed E-state index contributed by atoms with van der Waals surface area (Å²) >= 11 is 3.90. The molecule has 94 valence electrons. The molecule has 0 spiro atoms. The molecule has 1 aromatic rings. The molecule has 2 rings (SSSR count). The molecule has 1 heterocycles. The summed E-state index contributed by atoms with van der Waals surface area (Å²) in [6.07, 6.45) is 0.601. The zero-order valence-corrected chi connectivity index (χ0v) is 12.1. The van der Waals surface area contributed by atoms with Crippen molar-refractivity contribution in [1.82, 2.24) is 0 Å². The van der Waals surface area contributed by atoms with Gasteiger partial charge in [0.05, 0.1) is 6.10 Å². The monoisotopic (exact) mass is 268 g/mol. The molecule has 3 heteroatoms. The second kappa shape index (κ2) is 6.17. The lowest BCUT2D eigenvalue weighted by atomic mass is 9.96. The zero-order chi connectivity index (χ0) is 12.3. The maximum absolute atomic E-state index is 10.3. The van der Waals surface area contributed by atoms with E-state index >= 15 is 0 Å². The number of aliphatic hydroxyl groups excluding tert-OH is 1. The van der Waals surface area contributed by atoms with E-state index in [4.69, 9.17) is 0 Å². The Hall–Kier alpha value is -0.120. The van der Waals surface area contributed by atoms with Crippen LogP contribution in [0.5, 0.6) is 0 Å². The molecular weight excluding hydrogens is 248 g/mol. The van der Waals surface area contributed by atoms with E-state index < -0.39 is 0 Å². The Bertz CT molecular complexity index is 352. The molecule has 1 saturated heterocycles. The van der Waals surface area contributed by atoms with Gasteiger partial charge in [-0.1, -0.05) is 18.2 Å². The molecule has 2 atom stereocenters. The van der Waals surface area contributed by atoms with Crippen LogP contribution in [0.2, 0.25) is 0 Å². The molecule has 0 aromatic heterocycles. The zero-order valence-electron chi connectivity index (χ0n) is 10.5. The van der Waals surface area contributed by atoms with E-state index in [2.05, 4.69) is 32.0 Å². The lowest BCUT2D eigenvalue weighted by Gasteiger charge is -2.26. The minimum absolute atomic E-state index is 0.201. The van der Waals surface area contributed by atoms with Crippen molar-refractivity contribution < 1.29 is 5.11 Å². The van der Waals surface area contributed by atoms with E-state index in [1.165, 1.54) is 28.2 Å². The molecule has 1 N–H and O–H groups in total. The molecule has 1 aromatic carbocycles. The Morgan fingerprint density at radius 3 is 2.59 bits per heavy atom. The standard InChI is InChI=1S/C14H20OS2/c1-10-4-3-5-11(2)12(10)8-13(15)14-9-16-6-7-17-14/h3-5,13-15H,6-9H2,1-2H3. The summed E-state index contributed by atoms with van der Waals surface area (Å²) in [5, 5.41) is 10.8. The Labute approximate surface area is 112 Å². The quantitative estimate of drug-likeness (QED) is 0.910. The lowest BCUT2D eigenvalue weighted by Crippen LogP contribution is -2.31. The summed E-state index contributed by atoms with van der Waals surface area (Å²) in [4.78, 5) is 0. The van der Waals surface area contributed by atoms with Gasteiger partial charge in [-0.3, -0.25) is 0 Å². The average molecular weight is 268 g/mol. The Kier molecular flexibility index (Phi) is 4.83. The molecule has 2 unspecified atom stereocenters. The molecule has 0 saturated carbocycles. The molecule has 1 aliphatic rings. The molecule has 0 radical (unpaired) electrons. The molecule has 17 heavy (non-hydrogen) atoms. The fourth-order valence-electron chi connectivity index (χ4n) is 2.24. The largest absolute Gasteiger partial charge is 0.392 e. The first-order valence-electron chi connectivity index (χ1n) is 6.11. The molecule has 1 fully saturated rings. The van der Waals surface area contributed by atoms with Crippen LogP contribution in [0.25, 0.3) is 0 Å². The van der Waals surface area contributed by atoms with E-state index in [1.54, 1.807) is 0 Å². The van der Waals surface area contributed by atoms with E-state index in [9.17, 15) is 5.11 Å². The number of rotatable bonds is 3. The Morgan fingerprint density at radius 2 is 2.00 bits per heavy atom. The molecule has 1 aliphatic heterocycles. The molecule has 0 aliphatic carbocycles. The third kappa shape index (κ3) is 3.43.